The zero-order chi connectivity index (χ0) is 15.0. The van der Waals surface area contributed by atoms with E-state index in [9.17, 15) is 9.59 Å². The third-order valence-electron chi connectivity index (χ3n) is 2.56. The molecule has 0 saturated carbocycles. The predicted molar refractivity (Wildman–Crippen MR) is 73.4 cm³/mol. The van der Waals surface area contributed by atoms with Crippen LogP contribution in [0.25, 0.3) is 0 Å². The van der Waals surface area contributed by atoms with Gasteiger partial charge in [0.1, 0.15) is 5.75 Å². The van der Waals surface area contributed by atoms with Gasteiger partial charge in [-0.05, 0) is 30.7 Å². The van der Waals surface area contributed by atoms with Gasteiger partial charge in [-0.1, -0.05) is 13.3 Å². The molecule has 1 aromatic carbocycles. The summed E-state index contributed by atoms with van der Waals surface area (Å²) < 4.78 is 10.2. The second-order valence-electron chi connectivity index (χ2n) is 4.27. The van der Waals surface area contributed by atoms with Gasteiger partial charge >= 0.3 is 11.9 Å². The number of anilines is 1. The summed E-state index contributed by atoms with van der Waals surface area (Å²) >= 11 is 0. The van der Waals surface area contributed by atoms with Crippen molar-refractivity contribution in [3.63, 3.8) is 0 Å². The number of rotatable bonds is 8. The average Bonchev–Trinajstić information content (AvgIpc) is 2.40. The minimum Gasteiger partial charge on any atom is -0.493 e. The Bertz CT molecular complexity index is 443. The van der Waals surface area contributed by atoms with Gasteiger partial charge in [-0.3, -0.25) is 4.79 Å². The number of hydrogen-bond donors (Lipinski definition) is 2. The molecule has 1 rings (SSSR count). The van der Waals surface area contributed by atoms with Crippen molar-refractivity contribution in [1.29, 1.82) is 0 Å². The van der Waals surface area contributed by atoms with Crippen LogP contribution >= 0.6 is 0 Å². The number of nitrogens with two attached hydrogens (primary N) is 1. The molecule has 6 heteroatoms. The van der Waals surface area contributed by atoms with Crippen molar-refractivity contribution >= 4 is 17.6 Å². The van der Waals surface area contributed by atoms with Gasteiger partial charge in [-0.2, -0.15) is 0 Å². The van der Waals surface area contributed by atoms with Crippen molar-refractivity contribution in [3.05, 3.63) is 24.3 Å². The fourth-order valence-electron chi connectivity index (χ4n) is 1.53. The Labute approximate surface area is 117 Å². The van der Waals surface area contributed by atoms with Gasteiger partial charge in [-0.15, -0.1) is 0 Å². The van der Waals surface area contributed by atoms with Gasteiger partial charge in [0.2, 0.25) is 0 Å². The number of benzene rings is 1. The Balaban J connectivity index is 2.32. The Kier molecular flexibility index (Phi) is 6.36. The van der Waals surface area contributed by atoms with E-state index in [2.05, 4.69) is 0 Å². The molecule has 110 valence electrons. The maximum Gasteiger partial charge on any atom is 0.345 e. The van der Waals surface area contributed by atoms with Crippen molar-refractivity contribution in [1.82, 2.24) is 0 Å². The molecular formula is C14H19NO5. The molecule has 0 aromatic heterocycles. The maximum absolute atomic E-state index is 11.5. The number of aliphatic carboxylic acids is 1. The van der Waals surface area contributed by atoms with Gasteiger partial charge in [-0.25, -0.2) is 4.79 Å². The third-order valence-corrected chi connectivity index (χ3v) is 2.56. The minimum atomic E-state index is -1.13. The summed E-state index contributed by atoms with van der Waals surface area (Å²) in [4.78, 5) is 22.3. The zero-order valence-corrected chi connectivity index (χ0v) is 11.4. The molecule has 1 unspecified atom stereocenters. The molecule has 0 amide bonds. The molecule has 0 fully saturated rings. The lowest BCUT2D eigenvalue weighted by molar-refractivity contribution is -0.164. The lowest BCUT2D eigenvalue weighted by Gasteiger charge is -2.13. The maximum atomic E-state index is 11.5. The summed E-state index contributed by atoms with van der Waals surface area (Å²) in [5.74, 6) is -1.11. The van der Waals surface area contributed by atoms with Crippen LogP contribution in [-0.4, -0.2) is 29.8 Å². The van der Waals surface area contributed by atoms with Crippen LogP contribution in [0.3, 0.4) is 0 Å². The number of carbonyl (C=O) groups is 2. The lowest BCUT2D eigenvalue weighted by Crippen LogP contribution is -2.27. The molecule has 20 heavy (non-hydrogen) atoms. The highest BCUT2D eigenvalue weighted by molar-refractivity contribution is 5.77. The highest BCUT2D eigenvalue weighted by Gasteiger charge is 2.20. The summed E-state index contributed by atoms with van der Waals surface area (Å²) in [5.41, 5.74) is 6.16. The van der Waals surface area contributed by atoms with E-state index in [1.807, 2.05) is 6.92 Å². The SMILES string of the molecule is CCCC(OC(=O)CCOc1ccc(N)cc1)C(=O)O. The van der Waals surface area contributed by atoms with Gasteiger partial charge in [0.05, 0.1) is 13.0 Å². The number of carbonyl (C=O) groups excluding carboxylic acids is 1. The average molecular weight is 281 g/mol. The summed E-state index contributed by atoms with van der Waals surface area (Å²) in [6.45, 7) is 1.95. The van der Waals surface area contributed by atoms with Crippen LogP contribution in [0.4, 0.5) is 5.69 Å². The quantitative estimate of drug-likeness (QED) is 0.557. The molecule has 0 radical (unpaired) electrons. The van der Waals surface area contributed by atoms with E-state index in [0.29, 0.717) is 24.3 Å². The third kappa shape index (κ3) is 5.60. The molecule has 0 aliphatic rings. The predicted octanol–water partition coefficient (Wildman–Crippen LogP) is 1.83. The Morgan fingerprint density at radius 2 is 1.95 bits per heavy atom. The minimum absolute atomic E-state index is 0.00211. The van der Waals surface area contributed by atoms with Crippen molar-refractivity contribution in [2.24, 2.45) is 0 Å². The zero-order valence-electron chi connectivity index (χ0n) is 11.4. The molecule has 1 atom stereocenters. The van der Waals surface area contributed by atoms with Crippen molar-refractivity contribution in [3.8, 4) is 5.75 Å². The van der Waals surface area contributed by atoms with Gasteiger partial charge in [0, 0.05) is 5.69 Å². The molecular weight excluding hydrogens is 262 g/mol. The van der Waals surface area contributed by atoms with Crippen LogP contribution in [0, 0.1) is 0 Å². The highest BCUT2D eigenvalue weighted by atomic mass is 16.6. The molecule has 6 nitrogen and oxygen atoms in total. The standard InChI is InChI=1S/C14H19NO5/c1-2-3-12(14(17)18)20-13(16)8-9-19-11-6-4-10(15)5-7-11/h4-7,12H,2-3,8-9,15H2,1H3,(H,17,18). The van der Waals surface area contributed by atoms with Crippen LogP contribution < -0.4 is 10.5 Å². The van der Waals surface area contributed by atoms with Crippen molar-refractivity contribution < 1.29 is 24.2 Å². The number of hydrogen-bond acceptors (Lipinski definition) is 5. The van der Waals surface area contributed by atoms with Gasteiger partial charge in [0.25, 0.3) is 0 Å². The smallest absolute Gasteiger partial charge is 0.345 e. The lowest BCUT2D eigenvalue weighted by atomic mass is 10.2. The number of carboxylic acid groups (broad SMARTS) is 1. The van der Waals surface area contributed by atoms with Crippen molar-refractivity contribution in [2.75, 3.05) is 12.3 Å². The number of ether oxygens (including phenoxy) is 2. The van der Waals surface area contributed by atoms with Crippen LogP contribution in [0.1, 0.15) is 26.2 Å². The first kappa shape index (κ1) is 15.8. The fourth-order valence-corrected chi connectivity index (χ4v) is 1.53. The van der Waals surface area contributed by atoms with E-state index in [1.54, 1.807) is 24.3 Å². The number of nitrogen functional groups attached to an aromatic ring is 1. The summed E-state index contributed by atoms with van der Waals surface area (Å²) in [6, 6.07) is 6.76. The summed E-state index contributed by atoms with van der Waals surface area (Å²) in [6.07, 6.45) is -0.145. The molecule has 0 bridgehead atoms. The second-order valence-corrected chi connectivity index (χ2v) is 4.27. The first-order valence-electron chi connectivity index (χ1n) is 6.43. The molecule has 0 heterocycles. The van der Waals surface area contributed by atoms with E-state index < -0.39 is 18.0 Å². The van der Waals surface area contributed by atoms with E-state index in [1.165, 1.54) is 0 Å². The molecule has 0 aliphatic carbocycles. The monoisotopic (exact) mass is 281 g/mol. The van der Waals surface area contributed by atoms with Crippen molar-refractivity contribution in [2.45, 2.75) is 32.3 Å². The molecule has 0 spiro atoms. The molecule has 3 N–H and O–H groups in total. The van der Waals surface area contributed by atoms with Crippen LogP contribution in [-0.2, 0) is 14.3 Å². The number of carboxylic acids is 1. The first-order chi connectivity index (χ1) is 9.52. The Morgan fingerprint density at radius 3 is 2.50 bits per heavy atom. The summed E-state index contributed by atoms with van der Waals surface area (Å²) in [7, 11) is 0. The molecule has 0 saturated heterocycles. The van der Waals surface area contributed by atoms with E-state index in [-0.39, 0.29) is 13.0 Å². The normalized spacial score (nSPS) is 11.7. The van der Waals surface area contributed by atoms with Gasteiger partial charge in [0.15, 0.2) is 6.10 Å². The largest absolute Gasteiger partial charge is 0.493 e. The summed E-state index contributed by atoms with van der Waals surface area (Å²) in [5, 5.41) is 8.86. The van der Waals surface area contributed by atoms with E-state index in [4.69, 9.17) is 20.3 Å². The first-order valence-corrected chi connectivity index (χ1v) is 6.43. The molecule has 1 aromatic rings. The fraction of sp³-hybridized carbons (Fsp3) is 0.429. The van der Waals surface area contributed by atoms with E-state index >= 15 is 0 Å². The second kappa shape index (κ2) is 8.04. The van der Waals surface area contributed by atoms with Crippen LogP contribution in [0.2, 0.25) is 0 Å². The Hall–Kier alpha value is -2.24. The van der Waals surface area contributed by atoms with E-state index in [0.717, 1.165) is 0 Å². The molecule has 0 aliphatic heterocycles. The number of esters is 1. The van der Waals surface area contributed by atoms with Gasteiger partial charge < -0.3 is 20.3 Å². The topological polar surface area (TPSA) is 98.9 Å². The Morgan fingerprint density at radius 1 is 1.30 bits per heavy atom. The van der Waals surface area contributed by atoms with Crippen LogP contribution in [0.15, 0.2) is 24.3 Å². The highest BCUT2D eigenvalue weighted by Crippen LogP contribution is 2.13. The van der Waals surface area contributed by atoms with Crippen LogP contribution in [0.5, 0.6) is 5.75 Å².